The summed E-state index contributed by atoms with van der Waals surface area (Å²) in [5.41, 5.74) is 2.31. The number of hydrogen-bond acceptors (Lipinski definition) is 4. The lowest BCUT2D eigenvalue weighted by atomic mass is 9.98. The molecule has 1 amide bonds. The van der Waals surface area contributed by atoms with Crippen LogP contribution in [0.3, 0.4) is 0 Å². The van der Waals surface area contributed by atoms with Crippen LogP contribution >= 0.6 is 11.3 Å². The molecule has 1 heterocycles. The summed E-state index contributed by atoms with van der Waals surface area (Å²) in [7, 11) is -3.66. The second kappa shape index (κ2) is 9.91. The van der Waals surface area contributed by atoms with Crippen LogP contribution in [0.25, 0.3) is 0 Å². The maximum atomic E-state index is 13.0. The van der Waals surface area contributed by atoms with Crippen LogP contribution in [-0.2, 0) is 16.6 Å². The summed E-state index contributed by atoms with van der Waals surface area (Å²) in [6, 6.07) is 28.8. The first-order valence-electron chi connectivity index (χ1n) is 10.1. The second-order valence-corrected chi connectivity index (χ2v) is 9.96. The van der Waals surface area contributed by atoms with Gasteiger partial charge in [0.05, 0.1) is 10.9 Å². The topological polar surface area (TPSA) is 75.3 Å². The minimum absolute atomic E-state index is 0.119. The number of benzene rings is 3. The summed E-state index contributed by atoms with van der Waals surface area (Å²) >= 11 is 1.49. The number of rotatable bonds is 8. The van der Waals surface area contributed by atoms with E-state index in [0.29, 0.717) is 5.56 Å². The van der Waals surface area contributed by atoms with Gasteiger partial charge < -0.3 is 5.32 Å². The Morgan fingerprint density at radius 1 is 0.781 bits per heavy atom. The number of carbonyl (C=O) groups is 1. The first-order valence-corrected chi connectivity index (χ1v) is 12.4. The molecule has 0 spiro atoms. The van der Waals surface area contributed by atoms with Crippen LogP contribution in [0.1, 0.15) is 32.4 Å². The van der Waals surface area contributed by atoms with E-state index in [1.807, 2.05) is 78.2 Å². The highest BCUT2D eigenvalue weighted by Crippen LogP contribution is 2.22. The molecule has 0 unspecified atom stereocenters. The summed E-state index contributed by atoms with van der Waals surface area (Å²) in [6.07, 6.45) is 0. The summed E-state index contributed by atoms with van der Waals surface area (Å²) in [4.78, 5) is 14.0. The Kier molecular flexibility index (Phi) is 6.80. The van der Waals surface area contributed by atoms with E-state index in [1.54, 1.807) is 0 Å². The monoisotopic (exact) mass is 462 g/mol. The average Bonchev–Trinajstić information content (AvgIpc) is 3.36. The Morgan fingerprint density at radius 3 is 1.91 bits per heavy atom. The molecular formula is C25H22N2O3S2. The largest absolute Gasteiger partial charge is 0.341 e. The molecule has 2 N–H and O–H groups in total. The van der Waals surface area contributed by atoms with E-state index in [0.717, 1.165) is 16.0 Å². The minimum Gasteiger partial charge on any atom is -0.341 e. The molecule has 0 saturated heterocycles. The number of nitrogens with one attached hydrogen (secondary N) is 2. The van der Waals surface area contributed by atoms with Crippen molar-refractivity contribution in [3.05, 3.63) is 124 Å². The normalized spacial score (nSPS) is 11.4. The van der Waals surface area contributed by atoms with E-state index in [1.165, 1.54) is 35.6 Å². The van der Waals surface area contributed by atoms with Crippen molar-refractivity contribution in [3.63, 3.8) is 0 Å². The van der Waals surface area contributed by atoms with E-state index in [-0.39, 0.29) is 23.4 Å². The molecule has 0 radical (unpaired) electrons. The van der Waals surface area contributed by atoms with E-state index in [9.17, 15) is 13.2 Å². The average molecular weight is 463 g/mol. The fourth-order valence-electron chi connectivity index (χ4n) is 3.31. The Bertz CT molecular complexity index is 1220. The first kappa shape index (κ1) is 22.0. The van der Waals surface area contributed by atoms with Crippen LogP contribution < -0.4 is 10.0 Å². The molecule has 0 bridgehead atoms. The van der Waals surface area contributed by atoms with Crippen molar-refractivity contribution >= 4 is 27.3 Å². The molecule has 3 aromatic carbocycles. The Morgan fingerprint density at radius 2 is 1.38 bits per heavy atom. The minimum atomic E-state index is -3.66. The molecule has 4 aromatic rings. The van der Waals surface area contributed by atoms with Gasteiger partial charge in [0.15, 0.2) is 0 Å². The van der Waals surface area contributed by atoms with Gasteiger partial charge in [-0.25, -0.2) is 13.1 Å². The van der Waals surface area contributed by atoms with Crippen LogP contribution in [0.5, 0.6) is 0 Å². The van der Waals surface area contributed by atoms with Crippen LogP contribution in [0.2, 0.25) is 0 Å². The Labute approximate surface area is 191 Å². The standard InChI is InChI=1S/C25H22N2O3S2/c28-25(27-24(19-8-3-1-4-9-19)20-10-5-2-6-11-20)21-13-15-23(16-14-21)32(29,30)26-18-22-12-7-17-31-22/h1-17,24,26H,18H2,(H,27,28). The third kappa shape index (κ3) is 5.31. The molecule has 0 atom stereocenters. The first-order chi connectivity index (χ1) is 15.5. The molecule has 0 fully saturated rings. The SMILES string of the molecule is O=C(NC(c1ccccc1)c1ccccc1)c1ccc(S(=O)(=O)NCc2cccs2)cc1. The predicted molar refractivity (Wildman–Crippen MR) is 127 cm³/mol. The van der Waals surface area contributed by atoms with Crippen molar-refractivity contribution in [2.24, 2.45) is 0 Å². The molecule has 4 rings (SSSR count). The van der Waals surface area contributed by atoms with Crippen LogP contribution in [0.4, 0.5) is 0 Å². The van der Waals surface area contributed by atoms with Gasteiger partial charge in [-0.2, -0.15) is 0 Å². The molecule has 0 aliphatic heterocycles. The molecular weight excluding hydrogens is 440 g/mol. The van der Waals surface area contributed by atoms with Crippen molar-refractivity contribution in [2.45, 2.75) is 17.5 Å². The molecule has 1 aromatic heterocycles. The van der Waals surface area contributed by atoms with Gasteiger partial charge in [-0.1, -0.05) is 66.7 Å². The van der Waals surface area contributed by atoms with Gasteiger partial charge in [-0.3, -0.25) is 4.79 Å². The van der Waals surface area contributed by atoms with Gasteiger partial charge in [-0.15, -0.1) is 11.3 Å². The molecule has 0 saturated carbocycles. The zero-order chi connectivity index (χ0) is 22.4. The fraction of sp³-hybridized carbons (Fsp3) is 0.0800. The Hall–Kier alpha value is -3.26. The lowest BCUT2D eigenvalue weighted by Crippen LogP contribution is -2.29. The van der Waals surface area contributed by atoms with Crippen LogP contribution in [0.15, 0.2) is 107 Å². The van der Waals surface area contributed by atoms with Gasteiger partial charge in [0.1, 0.15) is 0 Å². The highest BCUT2D eigenvalue weighted by atomic mass is 32.2. The number of thiophene rings is 1. The maximum Gasteiger partial charge on any atom is 0.252 e. The summed E-state index contributed by atoms with van der Waals surface area (Å²) in [5.74, 6) is -0.279. The number of carbonyl (C=O) groups excluding carboxylic acids is 1. The molecule has 7 heteroatoms. The summed E-state index contributed by atoms with van der Waals surface area (Å²) in [5, 5.41) is 4.96. The number of hydrogen-bond donors (Lipinski definition) is 2. The number of sulfonamides is 1. The third-order valence-electron chi connectivity index (χ3n) is 4.98. The molecule has 5 nitrogen and oxygen atoms in total. The third-order valence-corrected chi connectivity index (χ3v) is 7.28. The molecule has 162 valence electrons. The molecule has 0 aliphatic carbocycles. The van der Waals surface area contributed by atoms with Crippen molar-refractivity contribution in [1.82, 2.24) is 10.0 Å². The van der Waals surface area contributed by atoms with E-state index in [2.05, 4.69) is 10.0 Å². The predicted octanol–water partition coefficient (Wildman–Crippen LogP) is 4.75. The summed E-state index contributed by atoms with van der Waals surface area (Å²) < 4.78 is 27.7. The number of amides is 1. The van der Waals surface area contributed by atoms with Gasteiger partial charge in [0.2, 0.25) is 10.0 Å². The fourth-order valence-corrected chi connectivity index (χ4v) is 5.06. The van der Waals surface area contributed by atoms with E-state index >= 15 is 0 Å². The highest BCUT2D eigenvalue weighted by molar-refractivity contribution is 7.89. The molecule has 32 heavy (non-hydrogen) atoms. The zero-order valence-corrected chi connectivity index (χ0v) is 18.8. The van der Waals surface area contributed by atoms with Crippen molar-refractivity contribution in [1.29, 1.82) is 0 Å². The van der Waals surface area contributed by atoms with E-state index < -0.39 is 10.0 Å². The maximum absolute atomic E-state index is 13.0. The van der Waals surface area contributed by atoms with Gasteiger partial charge in [-0.05, 0) is 46.8 Å². The quantitative estimate of drug-likeness (QED) is 0.397. The van der Waals surface area contributed by atoms with Crippen molar-refractivity contribution < 1.29 is 13.2 Å². The second-order valence-electron chi connectivity index (χ2n) is 7.16. The van der Waals surface area contributed by atoms with Crippen molar-refractivity contribution in [3.8, 4) is 0 Å². The lowest BCUT2D eigenvalue weighted by Gasteiger charge is -2.20. The summed E-state index contributed by atoms with van der Waals surface area (Å²) in [6.45, 7) is 0.234. The smallest absolute Gasteiger partial charge is 0.252 e. The van der Waals surface area contributed by atoms with Gasteiger partial charge in [0, 0.05) is 17.0 Å². The van der Waals surface area contributed by atoms with E-state index in [4.69, 9.17) is 0 Å². The Balaban J connectivity index is 1.50. The van der Waals surface area contributed by atoms with Crippen molar-refractivity contribution in [2.75, 3.05) is 0 Å². The van der Waals surface area contributed by atoms with Gasteiger partial charge in [0.25, 0.3) is 5.91 Å². The lowest BCUT2D eigenvalue weighted by molar-refractivity contribution is 0.0943. The van der Waals surface area contributed by atoms with Crippen LogP contribution in [0, 0.1) is 0 Å². The highest BCUT2D eigenvalue weighted by Gasteiger charge is 2.19. The van der Waals surface area contributed by atoms with Gasteiger partial charge >= 0.3 is 0 Å². The van der Waals surface area contributed by atoms with Crippen LogP contribution in [-0.4, -0.2) is 14.3 Å². The molecule has 0 aliphatic rings. The zero-order valence-electron chi connectivity index (χ0n) is 17.1.